The number of ether oxygens (including phenoxy) is 1. The van der Waals surface area contributed by atoms with Crippen molar-refractivity contribution in [2.75, 3.05) is 13.7 Å². The Labute approximate surface area is 121 Å². The van der Waals surface area contributed by atoms with Gasteiger partial charge >= 0.3 is 0 Å². The third kappa shape index (κ3) is 3.50. The molecule has 0 spiro atoms. The molecule has 0 bridgehead atoms. The molecule has 2 rings (SSSR count). The Kier molecular flexibility index (Phi) is 5.39. The van der Waals surface area contributed by atoms with Crippen LogP contribution in [-0.2, 0) is 11.3 Å². The van der Waals surface area contributed by atoms with Gasteiger partial charge in [-0.15, -0.1) is 0 Å². The van der Waals surface area contributed by atoms with Crippen LogP contribution in [0.4, 0.5) is 0 Å². The standard InChI is InChI=1S/C17H23NO2/c1-4-11-18-17(15-8-6-5-7-13(15)2)16-10-9-14(20-16)12-19-3/h5-10,17-18H,4,11-12H2,1-3H3. The van der Waals surface area contributed by atoms with Crippen molar-refractivity contribution in [3.63, 3.8) is 0 Å². The summed E-state index contributed by atoms with van der Waals surface area (Å²) < 4.78 is 11.0. The first-order valence-electron chi connectivity index (χ1n) is 7.12. The molecule has 0 aliphatic carbocycles. The van der Waals surface area contributed by atoms with Crippen LogP contribution >= 0.6 is 0 Å². The lowest BCUT2D eigenvalue weighted by Crippen LogP contribution is -2.23. The van der Waals surface area contributed by atoms with Gasteiger partial charge in [-0.2, -0.15) is 0 Å². The molecule has 1 atom stereocenters. The Hall–Kier alpha value is -1.58. The number of benzene rings is 1. The van der Waals surface area contributed by atoms with Crippen molar-refractivity contribution in [2.24, 2.45) is 0 Å². The smallest absolute Gasteiger partial charge is 0.129 e. The maximum atomic E-state index is 5.91. The van der Waals surface area contributed by atoms with Crippen LogP contribution in [0.3, 0.4) is 0 Å². The van der Waals surface area contributed by atoms with Gasteiger partial charge < -0.3 is 14.5 Å². The number of furan rings is 1. The molecule has 0 radical (unpaired) electrons. The summed E-state index contributed by atoms with van der Waals surface area (Å²) in [6.07, 6.45) is 1.09. The van der Waals surface area contributed by atoms with Crippen LogP contribution in [0.1, 0.15) is 42.0 Å². The van der Waals surface area contributed by atoms with E-state index in [9.17, 15) is 0 Å². The lowest BCUT2D eigenvalue weighted by atomic mass is 9.99. The highest BCUT2D eigenvalue weighted by Crippen LogP contribution is 2.26. The van der Waals surface area contributed by atoms with E-state index in [1.54, 1.807) is 7.11 Å². The van der Waals surface area contributed by atoms with Crippen LogP contribution in [0.5, 0.6) is 0 Å². The zero-order valence-corrected chi connectivity index (χ0v) is 12.5. The van der Waals surface area contributed by atoms with Gasteiger partial charge in [0, 0.05) is 7.11 Å². The van der Waals surface area contributed by atoms with Crippen molar-refractivity contribution in [3.05, 3.63) is 59.0 Å². The summed E-state index contributed by atoms with van der Waals surface area (Å²) in [5, 5.41) is 3.56. The first-order chi connectivity index (χ1) is 9.76. The van der Waals surface area contributed by atoms with Gasteiger partial charge in [-0.25, -0.2) is 0 Å². The molecule has 1 heterocycles. The number of aryl methyl sites for hydroxylation is 1. The van der Waals surface area contributed by atoms with E-state index >= 15 is 0 Å². The van der Waals surface area contributed by atoms with Crippen LogP contribution < -0.4 is 5.32 Å². The van der Waals surface area contributed by atoms with Crippen molar-refractivity contribution in [1.29, 1.82) is 0 Å². The molecule has 1 aromatic heterocycles. The molecule has 3 nitrogen and oxygen atoms in total. The average molecular weight is 273 g/mol. The van der Waals surface area contributed by atoms with E-state index in [4.69, 9.17) is 9.15 Å². The largest absolute Gasteiger partial charge is 0.462 e. The van der Waals surface area contributed by atoms with Crippen LogP contribution in [0.15, 0.2) is 40.8 Å². The number of rotatable bonds is 7. The Morgan fingerprint density at radius 3 is 2.70 bits per heavy atom. The maximum Gasteiger partial charge on any atom is 0.129 e. The van der Waals surface area contributed by atoms with Crippen molar-refractivity contribution in [2.45, 2.75) is 32.9 Å². The molecular formula is C17H23NO2. The van der Waals surface area contributed by atoms with Gasteiger partial charge in [-0.05, 0) is 43.1 Å². The summed E-state index contributed by atoms with van der Waals surface area (Å²) in [4.78, 5) is 0. The van der Waals surface area contributed by atoms with E-state index < -0.39 is 0 Å². The Balaban J connectivity index is 2.29. The minimum absolute atomic E-state index is 0.0988. The predicted molar refractivity (Wildman–Crippen MR) is 80.7 cm³/mol. The zero-order valence-electron chi connectivity index (χ0n) is 12.5. The van der Waals surface area contributed by atoms with Crippen molar-refractivity contribution in [3.8, 4) is 0 Å². The summed E-state index contributed by atoms with van der Waals surface area (Å²) in [7, 11) is 1.68. The fourth-order valence-corrected chi connectivity index (χ4v) is 2.33. The fraction of sp³-hybridized carbons (Fsp3) is 0.412. The molecule has 2 aromatic rings. The lowest BCUT2D eigenvalue weighted by molar-refractivity contribution is 0.162. The molecule has 0 fully saturated rings. The molecule has 0 aliphatic heterocycles. The van der Waals surface area contributed by atoms with Gasteiger partial charge in [-0.1, -0.05) is 31.2 Å². The normalized spacial score (nSPS) is 12.6. The molecule has 3 heteroatoms. The van der Waals surface area contributed by atoms with Gasteiger partial charge in [0.1, 0.15) is 18.1 Å². The van der Waals surface area contributed by atoms with Gasteiger partial charge in [0.2, 0.25) is 0 Å². The highest BCUT2D eigenvalue weighted by Gasteiger charge is 2.18. The minimum Gasteiger partial charge on any atom is -0.462 e. The second kappa shape index (κ2) is 7.27. The Bertz CT molecular complexity index is 533. The number of hydrogen-bond acceptors (Lipinski definition) is 3. The van der Waals surface area contributed by atoms with Crippen LogP contribution in [-0.4, -0.2) is 13.7 Å². The molecule has 1 aromatic carbocycles. The SMILES string of the molecule is CCCNC(c1ccc(COC)o1)c1ccccc1C. The molecule has 108 valence electrons. The van der Waals surface area contributed by atoms with E-state index in [0.29, 0.717) is 6.61 Å². The predicted octanol–water partition coefficient (Wildman–Crippen LogP) is 3.82. The van der Waals surface area contributed by atoms with Crippen LogP contribution in [0.25, 0.3) is 0 Å². The van der Waals surface area contributed by atoms with E-state index in [1.165, 1.54) is 11.1 Å². The number of methoxy groups -OCH3 is 1. The monoisotopic (exact) mass is 273 g/mol. The summed E-state index contributed by atoms with van der Waals surface area (Å²) in [6, 6.07) is 12.5. The van der Waals surface area contributed by atoms with Gasteiger partial charge in [-0.3, -0.25) is 0 Å². The molecular weight excluding hydrogens is 250 g/mol. The molecule has 0 aliphatic rings. The Morgan fingerprint density at radius 1 is 1.20 bits per heavy atom. The highest BCUT2D eigenvalue weighted by atomic mass is 16.5. The molecule has 1 unspecified atom stereocenters. The van der Waals surface area contributed by atoms with Crippen LogP contribution in [0, 0.1) is 6.92 Å². The van der Waals surface area contributed by atoms with E-state index in [2.05, 4.69) is 43.4 Å². The van der Waals surface area contributed by atoms with Crippen molar-refractivity contribution < 1.29 is 9.15 Å². The fourth-order valence-electron chi connectivity index (χ4n) is 2.33. The minimum atomic E-state index is 0.0988. The highest BCUT2D eigenvalue weighted by molar-refractivity contribution is 5.34. The first-order valence-corrected chi connectivity index (χ1v) is 7.12. The molecule has 0 saturated carbocycles. The zero-order chi connectivity index (χ0) is 14.4. The average Bonchev–Trinajstić information content (AvgIpc) is 2.90. The summed E-state index contributed by atoms with van der Waals surface area (Å²) in [6.45, 7) is 5.77. The summed E-state index contributed by atoms with van der Waals surface area (Å²) in [5.74, 6) is 1.80. The van der Waals surface area contributed by atoms with E-state index in [-0.39, 0.29) is 6.04 Å². The quantitative estimate of drug-likeness (QED) is 0.832. The van der Waals surface area contributed by atoms with Gasteiger partial charge in [0.05, 0.1) is 6.04 Å². The van der Waals surface area contributed by atoms with Gasteiger partial charge in [0.25, 0.3) is 0 Å². The van der Waals surface area contributed by atoms with E-state index in [1.807, 2.05) is 12.1 Å². The summed E-state index contributed by atoms with van der Waals surface area (Å²) >= 11 is 0. The third-order valence-electron chi connectivity index (χ3n) is 3.35. The topological polar surface area (TPSA) is 34.4 Å². The molecule has 0 saturated heterocycles. The third-order valence-corrected chi connectivity index (χ3v) is 3.35. The second-order valence-corrected chi connectivity index (χ2v) is 4.98. The van der Waals surface area contributed by atoms with E-state index in [0.717, 1.165) is 24.5 Å². The van der Waals surface area contributed by atoms with Crippen molar-refractivity contribution >= 4 is 0 Å². The molecule has 1 N–H and O–H groups in total. The molecule has 0 amide bonds. The van der Waals surface area contributed by atoms with Gasteiger partial charge in [0.15, 0.2) is 0 Å². The lowest BCUT2D eigenvalue weighted by Gasteiger charge is -2.19. The number of hydrogen-bond donors (Lipinski definition) is 1. The summed E-state index contributed by atoms with van der Waals surface area (Å²) in [5.41, 5.74) is 2.53. The first kappa shape index (κ1) is 14.8. The number of nitrogens with one attached hydrogen (secondary N) is 1. The maximum absolute atomic E-state index is 5.91. The van der Waals surface area contributed by atoms with Crippen molar-refractivity contribution in [1.82, 2.24) is 5.32 Å². The van der Waals surface area contributed by atoms with Crippen LogP contribution in [0.2, 0.25) is 0 Å². The second-order valence-electron chi connectivity index (χ2n) is 4.98. The Morgan fingerprint density at radius 2 is 2.00 bits per heavy atom. The molecule has 20 heavy (non-hydrogen) atoms.